The SMILES string of the molecule is C[C@@H]1[C@@H](N)C(=O)N1c1ccc(Br)cc1. The van der Waals surface area contributed by atoms with Gasteiger partial charge in [0.25, 0.3) is 0 Å². The fourth-order valence-corrected chi connectivity index (χ4v) is 1.87. The molecule has 0 spiro atoms. The smallest absolute Gasteiger partial charge is 0.246 e. The van der Waals surface area contributed by atoms with E-state index < -0.39 is 0 Å². The van der Waals surface area contributed by atoms with Crippen molar-refractivity contribution in [3.8, 4) is 0 Å². The van der Waals surface area contributed by atoms with Crippen LogP contribution in [0.5, 0.6) is 0 Å². The van der Waals surface area contributed by atoms with Crippen molar-refractivity contribution in [3.05, 3.63) is 28.7 Å². The Morgan fingerprint density at radius 3 is 2.43 bits per heavy atom. The molecule has 0 saturated carbocycles. The molecule has 0 bridgehead atoms. The second-order valence-corrected chi connectivity index (χ2v) is 4.37. The van der Waals surface area contributed by atoms with Gasteiger partial charge in [0.05, 0.1) is 6.04 Å². The molecule has 1 aromatic rings. The van der Waals surface area contributed by atoms with Gasteiger partial charge in [0.1, 0.15) is 6.04 Å². The van der Waals surface area contributed by atoms with Crippen LogP contribution < -0.4 is 10.6 Å². The third-order valence-corrected chi connectivity index (χ3v) is 3.08. The molecule has 0 unspecified atom stereocenters. The fourth-order valence-electron chi connectivity index (χ4n) is 1.61. The van der Waals surface area contributed by atoms with Gasteiger partial charge in [0.2, 0.25) is 5.91 Å². The third-order valence-electron chi connectivity index (χ3n) is 2.55. The van der Waals surface area contributed by atoms with Crippen LogP contribution in [0.4, 0.5) is 5.69 Å². The Balaban J connectivity index is 2.25. The molecule has 1 heterocycles. The van der Waals surface area contributed by atoms with E-state index in [0.717, 1.165) is 10.2 Å². The standard InChI is InChI=1S/C10H11BrN2O/c1-6-9(12)10(14)13(6)8-4-2-7(11)3-5-8/h2-6,9H,12H2,1H3/t6-,9-/m1/s1. The van der Waals surface area contributed by atoms with Crippen molar-refractivity contribution in [1.29, 1.82) is 0 Å². The highest BCUT2D eigenvalue weighted by atomic mass is 79.9. The molecule has 2 N–H and O–H groups in total. The molecule has 2 atom stereocenters. The minimum absolute atomic E-state index is 0.000164. The number of nitrogens with zero attached hydrogens (tertiary/aromatic N) is 1. The Kier molecular flexibility index (Phi) is 2.33. The highest BCUT2D eigenvalue weighted by Crippen LogP contribution is 2.27. The van der Waals surface area contributed by atoms with Crippen LogP contribution in [-0.2, 0) is 4.79 Å². The van der Waals surface area contributed by atoms with Crippen LogP contribution in [0.25, 0.3) is 0 Å². The normalized spacial score (nSPS) is 26.2. The minimum atomic E-state index is -0.335. The van der Waals surface area contributed by atoms with Gasteiger partial charge < -0.3 is 10.6 Å². The van der Waals surface area contributed by atoms with Gasteiger partial charge in [0, 0.05) is 10.2 Å². The Labute approximate surface area is 91.0 Å². The van der Waals surface area contributed by atoms with E-state index in [0.29, 0.717) is 0 Å². The topological polar surface area (TPSA) is 46.3 Å². The molecular weight excluding hydrogens is 244 g/mol. The number of rotatable bonds is 1. The minimum Gasteiger partial charge on any atom is -0.318 e. The van der Waals surface area contributed by atoms with Crippen LogP contribution in [0.3, 0.4) is 0 Å². The molecule has 1 aliphatic rings. The summed E-state index contributed by atoms with van der Waals surface area (Å²) in [5.74, 6) is -0.000164. The maximum absolute atomic E-state index is 11.4. The van der Waals surface area contributed by atoms with Gasteiger partial charge in [-0.3, -0.25) is 4.79 Å². The number of benzene rings is 1. The molecule has 1 aliphatic heterocycles. The van der Waals surface area contributed by atoms with E-state index in [1.54, 1.807) is 4.90 Å². The van der Waals surface area contributed by atoms with E-state index in [2.05, 4.69) is 15.9 Å². The molecule has 2 rings (SSSR count). The number of halogens is 1. The summed E-state index contributed by atoms with van der Waals surface area (Å²) in [5, 5.41) is 0. The predicted molar refractivity (Wildman–Crippen MR) is 59.1 cm³/mol. The second-order valence-electron chi connectivity index (χ2n) is 3.45. The van der Waals surface area contributed by atoms with E-state index in [1.165, 1.54) is 0 Å². The number of anilines is 1. The molecule has 0 aliphatic carbocycles. The number of hydrogen-bond donors (Lipinski definition) is 1. The van der Waals surface area contributed by atoms with Crippen LogP contribution in [0.2, 0.25) is 0 Å². The Bertz CT molecular complexity index is 363. The lowest BCUT2D eigenvalue weighted by molar-refractivity contribution is -0.125. The zero-order valence-corrected chi connectivity index (χ0v) is 9.36. The number of carbonyl (C=O) groups is 1. The van der Waals surface area contributed by atoms with Crippen molar-refractivity contribution in [1.82, 2.24) is 0 Å². The molecule has 0 aromatic heterocycles. The van der Waals surface area contributed by atoms with Gasteiger partial charge >= 0.3 is 0 Å². The maximum Gasteiger partial charge on any atom is 0.246 e. The summed E-state index contributed by atoms with van der Waals surface area (Å²) in [6, 6.07) is 7.41. The lowest BCUT2D eigenvalue weighted by Crippen LogP contribution is -2.67. The van der Waals surface area contributed by atoms with Crippen molar-refractivity contribution >= 4 is 27.5 Å². The number of carbonyl (C=O) groups excluding carboxylic acids is 1. The number of amides is 1. The quantitative estimate of drug-likeness (QED) is 0.773. The van der Waals surface area contributed by atoms with Crippen LogP contribution in [0.1, 0.15) is 6.92 Å². The van der Waals surface area contributed by atoms with Crippen molar-refractivity contribution in [2.45, 2.75) is 19.0 Å². The maximum atomic E-state index is 11.4. The second kappa shape index (κ2) is 3.37. The van der Waals surface area contributed by atoms with E-state index in [4.69, 9.17) is 5.73 Å². The summed E-state index contributed by atoms with van der Waals surface area (Å²) in [6.45, 7) is 1.95. The molecule has 1 aromatic carbocycles. The molecule has 0 radical (unpaired) electrons. The van der Waals surface area contributed by atoms with Gasteiger partial charge in [-0.05, 0) is 31.2 Å². The van der Waals surface area contributed by atoms with Crippen molar-refractivity contribution in [2.24, 2.45) is 5.73 Å². The molecule has 3 nitrogen and oxygen atoms in total. The van der Waals surface area contributed by atoms with Crippen LogP contribution in [-0.4, -0.2) is 18.0 Å². The largest absolute Gasteiger partial charge is 0.318 e. The van der Waals surface area contributed by atoms with Gasteiger partial charge in [-0.25, -0.2) is 0 Å². The zero-order valence-electron chi connectivity index (χ0n) is 7.77. The van der Waals surface area contributed by atoms with E-state index in [9.17, 15) is 4.79 Å². The van der Waals surface area contributed by atoms with E-state index in [1.807, 2.05) is 31.2 Å². The lowest BCUT2D eigenvalue weighted by Gasteiger charge is -2.43. The lowest BCUT2D eigenvalue weighted by atomic mass is 9.97. The number of nitrogens with two attached hydrogens (primary N) is 1. The Hall–Kier alpha value is -0.870. The summed E-state index contributed by atoms with van der Waals surface area (Å²) >= 11 is 3.35. The average molecular weight is 255 g/mol. The van der Waals surface area contributed by atoms with Crippen LogP contribution in [0, 0.1) is 0 Å². The molecule has 1 amide bonds. The van der Waals surface area contributed by atoms with Crippen molar-refractivity contribution in [3.63, 3.8) is 0 Å². The first-order valence-corrected chi connectivity index (χ1v) is 5.25. The molecular formula is C10H11BrN2O. The van der Waals surface area contributed by atoms with Crippen LogP contribution >= 0.6 is 15.9 Å². The molecule has 1 saturated heterocycles. The predicted octanol–water partition coefficient (Wildman–Crippen LogP) is 1.51. The first-order chi connectivity index (χ1) is 6.61. The highest BCUT2D eigenvalue weighted by molar-refractivity contribution is 9.10. The van der Waals surface area contributed by atoms with Crippen molar-refractivity contribution < 1.29 is 4.79 Å². The van der Waals surface area contributed by atoms with E-state index >= 15 is 0 Å². The molecule has 74 valence electrons. The first kappa shape index (κ1) is 9.68. The summed E-state index contributed by atoms with van der Waals surface area (Å²) in [5.41, 5.74) is 6.53. The number of hydrogen-bond acceptors (Lipinski definition) is 2. The van der Waals surface area contributed by atoms with Gasteiger partial charge in [-0.2, -0.15) is 0 Å². The average Bonchev–Trinajstić information content (AvgIpc) is 2.21. The van der Waals surface area contributed by atoms with E-state index in [-0.39, 0.29) is 18.0 Å². The van der Waals surface area contributed by atoms with Gasteiger partial charge in [0.15, 0.2) is 0 Å². The fraction of sp³-hybridized carbons (Fsp3) is 0.300. The highest BCUT2D eigenvalue weighted by Gasteiger charge is 2.42. The van der Waals surface area contributed by atoms with Gasteiger partial charge in [-0.15, -0.1) is 0 Å². The number of β-lactam (4-membered cyclic amide) rings is 1. The Morgan fingerprint density at radius 1 is 1.36 bits per heavy atom. The molecule has 1 fully saturated rings. The summed E-state index contributed by atoms with van der Waals surface area (Å²) < 4.78 is 1.01. The van der Waals surface area contributed by atoms with Crippen LogP contribution in [0.15, 0.2) is 28.7 Å². The summed E-state index contributed by atoms with van der Waals surface area (Å²) in [4.78, 5) is 13.2. The summed E-state index contributed by atoms with van der Waals surface area (Å²) in [7, 11) is 0. The monoisotopic (exact) mass is 254 g/mol. The first-order valence-electron chi connectivity index (χ1n) is 4.45. The van der Waals surface area contributed by atoms with Crippen molar-refractivity contribution in [2.75, 3.05) is 4.90 Å². The zero-order chi connectivity index (χ0) is 10.3. The Morgan fingerprint density at radius 2 is 1.93 bits per heavy atom. The molecule has 4 heteroatoms. The summed E-state index contributed by atoms with van der Waals surface area (Å²) in [6.07, 6.45) is 0. The third kappa shape index (κ3) is 1.35. The van der Waals surface area contributed by atoms with Gasteiger partial charge in [-0.1, -0.05) is 15.9 Å². The molecule has 14 heavy (non-hydrogen) atoms.